The van der Waals surface area contributed by atoms with Gasteiger partial charge in [-0.25, -0.2) is 13.1 Å². The summed E-state index contributed by atoms with van der Waals surface area (Å²) in [6.45, 7) is 9.34. The normalized spacial score (nSPS) is 15.2. The average molecular weight is 253 g/mol. The van der Waals surface area contributed by atoms with Gasteiger partial charge < -0.3 is 0 Å². The van der Waals surface area contributed by atoms with Crippen LogP contribution in [-0.2, 0) is 10.0 Å². The minimum absolute atomic E-state index is 0.0928. The van der Waals surface area contributed by atoms with Crippen LogP contribution in [0.4, 0.5) is 0 Å². The van der Waals surface area contributed by atoms with E-state index in [1.165, 1.54) is 0 Å². The minimum atomic E-state index is -3.43. The molecule has 0 aliphatic heterocycles. The van der Waals surface area contributed by atoms with Crippen molar-refractivity contribution in [3.05, 3.63) is 42.5 Å². The third kappa shape index (κ3) is 3.68. The van der Waals surface area contributed by atoms with E-state index in [4.69, 9.17) is 0 Å². The maximum absolute atomic E-state index is 12.0. The Morgan fingerprint density at radius 2 is 1.76 bits per heavy atom. The summed E-state index contributed by atoms with van der Waals surface area (Å²) in [6.07, 6.45) is 1.74. The molecule has 2 atom stereocenters. The molecule has 0 bridgehead atoms. The standard InChI is InChI=1S/C13H19NO2S/c1-5-11(3)12(4)14-17(15,16)13-8-6-10(2)7-9-13/h5-9,11-12,14H,1H2,2-4H3/t11-,12-/m1/s1. The van der Waals surface area contributed by atoms with E-state index in [0.29, 0.717) is 4.90 Å². The van der Waals surface area contributed by atoms with E-state index in [1.807, 2.05) is 20.8 Å². The van der Waals surface area contributed by atoms with Gasteiger partial charge in [-0.05, 0) is 31.9 Å². The Balaban J connectivity index is 2.89. The van der Waals surface area contributed by atoms with Crippen LogP contribution in [0.5, 0.6) is 0 Å². The molecular formula is C13H19NO2S. The van der Waals surface area contributed by atoms with Gasteiger partial charge in [0.15, 0.2) is 0 Å². The molecule has 0 unspecified atom stereocenters. The first-order valence-electron chi connectivity index (χ1n) is 5.58. The summed E-state index contributed by atoms with van der Waals surface area (Å²) in [4.78, 5) is 0.297. The first-order chi connectivity index (χ1) is 7.86. The summed E-state index contributed by atoms with van der Waals surface area (Å²) in [6, 6.07) is 6.64. The summed E-state index contributed by atoms with van der Waals surface area (Å²) in [5, 5.41) is 0. The molecule has 0 heterocycles. The van der Waals surface area contributed by atoms with Gasteiger partial charge in [-0.15, -0.1) is 6.58 Å². The molecule has 1 N–H and O–H groups in total. The predicted octanol–water partition coefficient (Wildman–Crippen LogP) is 2.48. The average Bonchev–Trinajstić information content (AvgIpc) is 2.27. The molecule has 0 saturated heterocycles. The van der Waals surface area contributed by atoms with Crippen LogP contribution in [-0.4, -0.2) is 14.5 Å². The van der Waals surface area contributed by atoms with Crippen LogP contribution < -0.4 is 4.72 Å². The number of benzene rings is 1. The first kappa shape index (κ1) is 13.9. The molecule has 0 aromatic heterocycles. The Morgan fingerprint density at radius 1 is 1.24 bits per heavy atom. The lowest BCUT2D eigenvalue weighted by molar-refractivity contribution is 0.510. The van der Waals surface area contributed by atoms with E-state index in [-0.39, 0.29) is 12.0 Å². The van der Waals surface area contributed by atoms with Crippen molar-refractivity contribution in [1.82, 2.24) is 4.72 Å². The molecule has 0 saturated carbocycles. The molecule has 0 aliphatic carbocycles. The summed E-state index contributed by atoms with van der Waals surface area (Å²) in [5.74, 6) is 0.0928. The molecule has 4 heteroatoms. The lowest BCUT2D eigenvalue weighted by atomic mass is 10.1. The van der Waals surface area contributed by atoms with Crippen molar-refractivity contribution in [3.63, 3.8) is 0 Å². The predicted molar refractivity (Wildman–Crippen MR) is 70.3 cm³/mol. The molecule has 0 spiro atoms. The van der Waals surface area contributed by atoms with Gasteiger partial charge in [0, 0.05) is 6.04 Å². The molecule has 3 nitrogen and oxygen atoms in total. The van der Waals surface area contributed by atoms with Crippen LogP contribution in [0.3, 0.4) is 0 Å². The lowest BCUT2D eigenvalue weighted by Gasteiger charge is -2.18. The number of nitrogens with one attached hydrogen (secondary N) is 1. The fourth-order valence-electron chi connectivity index (χ4n) is 1.34. The van der Waals surface area contributed by atoms with Crippen molar-refractivity contribution in [2.75, 3.05) is 0 Å². The van der Waals surface area contributed by atoms with Gasteiger partial charge in [0.1, 0.15) is 0 Å². The zero-order chi connectivity index (χ0) is 13.1. The fourth-order valence-corrected chi connectivity index (χ4v) is 2.68. The Bertz CT molecular complexity index is 477. The van der Waals surface area contributed by atoms with Gasteiger partial charge in [-0.3, -0.25) is 0 Å². The van der Waals surface area contributed by atoms with E-state index in [2.05, 4.69) is 11.3 Å². The zero-order valence-corrected chi connectivity index (χ0v) is 11.3. The van der Waals surface area contributed by atoms with Crippen LogP contribution in [0.25, 0.3) is 0 Å². The van der Waals surface area contributed by atoms with Crippen LogP contribution >= 0.6 is 0 Å². The lowest BCUT2D eigenvalue weighted by Crippen LogP contribution is -2.36. The summed E-state index contributed by atoms with van der Waals surface area (Å²) in [5.41, 5.74) is 1.04. The number of hydrogen-bond acceptors (Lipinski definition) is 2. The highest BCUT2D eigenvalue weighted by Gasteiger charge is 2.19. The summed E-state index contributed by atoms with van der Waals surface area (Å²) < 4.78 is 26.7. The van der Waals surface area contributed by atoms with Crippen molar-refractivity contribution in [1.29, 1.82) is 0 Å². The molecule has 1 rings (SSSR count). The monoisotopic (exact) mass is 253 g/mol. The van der Waals surface area contributed by atoms with Crippen molar-refractivity contribution in [2.24, 2.45) is 5.92 Å². The largest absolute Gasteiger partial charge is 0.240 e. The van der Waals surface area contributed by atoms with E-state index in [9.17, 15) is 8.42 Å². The summed E-state index contributed by atoms with van der Waals surface area (Å²) >= 11 is 0. The van der Waals surface area contributed by atoms with E-state index in [0.717, 1.165) is 5.56 Å². The Hall–Kier alpha value is -1.13. The van der Waals surface area contributed by atoms with E-state index < -0.39 is 10.0 Å². The van der Waals surface area contributed by atoms with Gasteiger partial charge in [0.05, 0.1) is 4.90 Å². The number of hydrogen-bond donors (Lipinski definition) is 1. The van der Waals surface area contributed by atoms with Gasteiger partial charge in [0.2, 0.25) is 10.0 Å². The molecule has 0 fully saturated rings. The van der Waals surface area contributed by atoms with Gasteiger partial charge >= 0.3 is 0 Å². The topological polar surface area (TPSA) is 46.2 Å². The molecule has 94 valence electrons. The van der Waals surface area contributed by atoms with Gasteiger partial charge in [0.25, 0.3) is 0 Å². The molecule has 0 amide bonds. The smallest absolute Gasteiger partial charge is 0.208 e. The number of rotatable bonds is 5. The quantitative estimate of drug-likeness (QED) is 0.819. The van der Waals surface area contributed by atoms with Gasteiger partial charge in [-0.2, -0.15) is 0 Å². The van der Waals surface area contributed by atoms with Crippen molar-refractivity contribution >= 4 is 10.0 Å². The van der Waals surface area contributed by atoms with Crippen LogP contribution in [0.15, 0.2) is 41.8 Å². The van der Waals surface area contributed by atoms with E-state index >= 15 is 0 Å². The van der Waals surface area contributed by atoms with Crippen LogP contribution in [0, 0.1) is 12.8 Å². The highest BCUT2D eigenvalue weighted by Crippen LogP contribution is 2.12. The second kappa shape index (κ2) is 5.47. The highest BCUT2D eigenvalue weighted by atomic mass is 32.2. The highest BCUT2D eigenvalue weighted by molar-refractivity contribution is 7.89. The second-order valence-corrected chi connectivity index (χ2v) is 6.03. The Morgan fingerprint density at radius 3 is 2.24 bits per heavy atom. The van der Waals surface area contributed by atoms with Crippen molar-refractivity contribution in [2.45, 2.75) is 31.7 Å². The second-order valence-electron chi connectivity index (χ2n) is 4.32. The fraction of sp³-hybridized carbons (Fsp3) is 0.385. The Kier molecular flexibility index (Phi) is 4.48. The zero-order valence-electron chi connectivity index (χ0n) is 10.5. The van der Waals surface area contributed by atoms with Crippen molar-refractivity contribution in [3.8, 4) is 0 Å². The maximum atomic E-state index is 12.0. The molecule has 1 aromatic carbocycles. The summed E-state index contributed by atoms with van der Waals surface area (Å²) in [7, 11) is -3.43. The molecule has 17 heavy (non-hydrogen) atoms. The minimum Gasteiger partial charge on any atom is -0.208 e. The third-order valence-electron chi connectivity index (χ3n) is 2.83. The molecule has 0 radical (unpaired) electrons. The van der Waals surface area contributed by atoms with Crippen molar-refractivity contribution < 1.29 is 8.42 Å². The van der Waals surface area contributed by atoms with Crippen LogP contribution in [0.2, 0.25) is 0 Å². The van der Waals surface area contributed by atoms with Gasteiger partial charge in [-0.1, -0.05) is 30.7 Å². The maximum Gasteiger partial charge on any atom is 0.240 e. The van der Waals surface area contributed by atoms with Crippen LogP contribution in [0.1, 0.15) is 19.4 Å². The number of sulfonamides is 1. The Labute approximate surface area is 104 Å². The SMILES string of the molecule is C=C[C@@H](C)[C@@H](C)NS(=O)(=O)c1ccc(C)cc1. The molecular weight excluding hydrogens is 234 g/mol. The third-order valence-corrected chi connectivity index (χ3v) is 4.41. The number of aryl methyl sites for hydroxylation is 1. The molecule has 1 aromatic rings. The molecule has 0 aliphatic rings. The first-order valence-corrected chi connectivity index (χ1v) is 7.06. The van der Waals surface area contributed by atoms with E-state index in [1.54, 1.807) is 30.3 Å².